The molecule has 1 aromatic carbocycles. The number of carboxylic acids is 1. The number of carboxylic acid groups (broad SMARTS) is 1. The van der Waals surface area contributed by atoms with Crippen LogP contribution in [0.2, 0.25) is 0 Å². The van der Waals surface area contributed by atoms with E-state index >= 15 is 0 Å². The van der Waals surface area contributed by atoms with Crippen LogP contribution in [0.15, 0.2) is 18.2 Å². The smallest absolute Gasteiger partial charge is 0.335 e. The van der Waals surface area contributed by atoms with E-state index < -0.39 is 24.0 Å². The van der Waals surface area contributed by atoms with Crippen LogP contribution < -0.4 is 10.5 Å². The lowest BCUT2D eigenvalue weighted by Crippen LogP contribution is -2.36. The summed E-state index contributed by atoms with van der Waals surface area (Å²) in [5.74, 6) is -1.67. The largest absolute Gasteiger partial charge is 0.489 e. The average molecular weight is 269 g/mol. The van der Waals surface area contributed by atoms with Crippen molar-refractivity contribution in [1.29, 1.82) is 0 Å². The fourth-order valence-corrected chi connectivity index (χ4v) is 1.33. The van der Waals surface area contributed by atoms with Crippen molar-refractivity contribution in [3.63, 3.8) is 0 Å². The molecule has 0 heterocycles. The molecule has 7 nitrogen and oxygen atoms in total. The zero-order valence-electron chi connectivity index (χ0n) is 10.2. The second-order valence-corrected chi connectivity index (χ2v) is 3.99. The van der Waals surface area contributed by atoms with Crippen LogP contribution in [0.4, 0.5) is 5.69 Å². The Bertz CT molecular complexity index is 487. The van der Waals surface area contributed by atoms with Crippen molar-refractivity contribution < 1.29 is 29.6 Å². The number of nitrogen functional groups attached to an aromatic ring is 1. The number of ketones is 1. The normalized spacial score (nSPS) is 13.6. The van der Waals surface area contributed by atoms with Crippen molar-refractivity contribution in [3.05, 3.63) is 23.8 Å². The van der Waals surface area contributed by atoms with Crippen molar-refractivity contribution >= 4 is 17.4 Å². The van der Waals surface area contributed by atoms with Gasteiger partial charge in [0.25, 0.3) is 0 Å². The number of Topliss-reactive ketones (excluding diaryl/α,β-unsaturated/α-hetero) is 1. The molecule has 104 valence electrons. The maximum atomic E-state index is 10.8. The molecule has 1 rings (SSSR count). The van der Waals surface area contributed by atoms with E-state index in [0.29, 0.717) is 0 Å². The third kappa shape index (κ3) is 3.94. The van der Waals surface area contributed by atoms with E-state index in [4.69, 9.17) is 15.6 Å². The van der Waals surface area contributed by atoms with Crippen LogP contribution in [0.1, 0.15) is 17.3 Å². The number of hydrogen-bond donors (Lipinski definition) is 4. The number of rotatable bonds is 6. The van der Waals surface area contributed by atoms with Crippen LogP contribution in [0.25, 0.3) is 0 Å². The highest BCUT2D eigenvalue weighted by Gasteiger charge is 2.21. The van der Waals surface area contributed by atoms with E-state index in [-0.39, 0.29) is 23.6 Å². The topological polar surface area (TPSA) is 130 Å². The lowest BCUT2D eigenvalue weighted by Gasteiger charge is -2.17. The molecule has 0 aliphatic carbocycles. The highest BCUT2D eigenvalue weighted by atomic mass is 16.5. The van der Waals surface area contributed by atoms with Gasteiger partial charge in [0.1, 0.15) is 24.6 Å². The number of ether oxygens (including phenoxy) is 1. The van der Waals surface area contributed by atoms with Crippen molar-refractivity contribution in [2.24, 2.45) is 0 Å². The second-order valence-electron chi connectivity index (χ2n) is 3.99. The monoisotopic (exact) mass is 269 g/mol. The average Bonchev–Trinajstić information content (AvgIpc) is 2.35. The van der Waals surface area contributed by atoms with Crippen molar-refractivity contribution in [1.82, 2.24) is 0 Å². The summed E-state index contributed by atoms with van der Waals surface area (Å²) in [5, 5.41) is 27.6. The first-order valence-electron chi connectivity index (χ1n) is 5.45. The molecule has 2 atom stereocenters. The van der Waals surface area contributed by atoms with Crippen LogP contribution in [0, 0.1) is 0 Å². The fraction of sp³-hybridized carbons (Fsp3) is 0.333. The number of aliphatic hydroxyl groups is 2. The molecule has 0 aromatic heterocycles. The molecule has 0 aliphatic heterocycles. The molecular weight excluding hydrogens is 254 g/mol. The molecule has 0 aliphatic rings. The Hall–Kier alpha value is -2.12. The molecule has 19 heavy (non-hydrogen) atoms. The van der Waals surface area contributed by atoms with Gasteiger partial charge >= 0.3 is 5.97 Å². The SMILES string of the molecule is CC(=O)C(O)C(O)COc1cc(C(=O)O)ccc1N. The Kier molecular flexibility index (Phi) is 4.85. The number of aromatic carboxylic acids is 1. The number of benzene rings is 1. The van der Waals surface area contributed by atoms with Crippen molar-refractivity contribution in [2.75, 3.05) is 12.3 Å². The minimum Gasteiger partial charge on any atom is -0.489 e. The van der Waals surface area contributed by atoms with Gasteiger partial charge in [-0.15, -0.1) is 0 Å². The standard InChI is InChI=1S/C12H15NO6/c1-6(14)11(16)9(15)5-19-10-4-7(12(17)18)2-3-8(10)13/h2-4,9,11,15-16H,5,13H2,1H3,(H,17,18). The Morgan fingerprint density at radius 1 is 1.37 bits per heavy atom. The lowest BCUT2D eigenvalue weighted by molar-refractivity contribution is -0.131. The first kappa shape index (κ1) is 14.9. The Labute approximate surface area is 109 Å². The highest BCUT2D eigenvalue weighted by Crippen LogP contribution is 2.23. The minimum absolute atomic E-state index is 0.0224. The fourth-order valence-electron chi connectivity index (χ4n) is 1.33. The van der Waals surface area contributed by atoms with E-state index in [1.165, 1.54) is 18.2 Å². The van der Waals surface area contributed by atoms with Crippen LogP contribution in [-0.2, 0) is 4.79 Å². The number of anilines is 1. The summed E-state index contributed by atoms with van der Waals surface area (Å²) >= 11 is 0. The summed E-state index contributed by atoms with van der Waals surface area (Å²) < 4.78 is 5.11. The summed E-state index contributed by atoms with van der Waals surface area (Å²) in [6, 6.07) is 3.86. The first-order valence-corrected chi connectivity index (χ1v) is 5.45. The first-order chi connectivity index (χ1) is 8.82. The summed E-state index contributed by atoms with van der Waals surface area (Å²) in [6.45, 7) is 0.751. The molecule has 7 heteroatoms. The lowest BCUT2D eigenvalue weighted by atomic mass is 10.1. The van der Waals surface area contributed by atoms with Crippen LogP contribution in [0.3, 0.4) is 0 Å². The molecule has 0 bridgehead atoms. The number of aliphatic hydroxyl groups excluding tert-OH is 2. The number of nitrogens with two attached hydrogens (primary N) is 1. The van der Waals surface area contributed by atoms with Crippen LogP contribution >= 0.6 is 0 Å². The number of carbonyl (C=O) groups is 2. The predicted octanol–water partition coefficient (Wildman–Crippen LogP) is -0.343. The summed E-state index contributed by atoms with van der Waals surface area (Å²) in [4.78, 5) is 21.6. The predicted molar refractivity (Wildman–Crippen MR) is 66.0 cm³/mol. The maximum absolute atomic E-state index is 10.8. The molecule has 0 fully saturated rings. The third-order valence-corrected chi connectivity index (χ3v) is 2.45. The summed E-state index contributed by atoms with van der Waals surface area (Å²) in [5.41, 5.74) is 5.75. The van der Waals surface area contributed by atoms with Crippen LogP contribution in [-0.4, -0.2) is 45.9 Å². The van der Waals surface area contributed by atoms with Crippen molar-refractivity contribution in [2.45, 2.75) is 19.1 Å². The molecule has 1 aromatic rings. The molecule has 2 unspecified atom stereocenters. The van der Waals surface area contributed by atoms with Gasteiger partial charge in [-0.3, -0.25) is 4.79 Å². The van der Waals surface area contributed by atoms with E-state index in [9.17, 15) is 19.8 Å². The van der Waals surface area contributed by atoms with E-state index in [1.54, 1.807) is 0 Å². The van der Waals surface area contributed by atoms with Gasteiger partial charge in [0.2, 0.25) is 0 Å². The third-order valence-electron chi connectivity index (χ3n) is 2.45. The van der Waals surface area contributed by atoms with Gasteiger partial charge in [-0.2, -0.15) is 0 Å². The zero-order chi connectivity index (χ0) is 14.6. The highest BCUT2D eigenvalue weighted by molar-refractivity contribution is 5.89. The maximum Gasteiger partial charge on any atom is 0.335 e. The quantitative estimate of drug-likeness (QED) is 0.519. The van der Waals surface area contributed by atoms with Gasteiger partial charge in [-0.1, -0.05) is 0 Å². The van der Waals surface area contributed by atoms with E-state index in [0.717, 1.165) is 6.92 Å². The van der Waals surface area contributed by atoms with E-state index in [1.807, 2.05) is 0 Å². The van der Waals surface area contributed by atoms with Gasteiger partial charge in [-0.05, 0) is 25.1 Å². The molecule has 5 N–H and O–H groups in total. The molecule has 0 spiro atoms. The van der Waals surface area contributed by atoms with Gasteiger partial charge in [0, 0.05) is 0 Å². The number of carbonyl (C=O) groups excluding carboxylic acids is 1. The minimum atomic E-state index is -1.55. The molecular formula is C12H15NO6. The van der Waals surface area contributed by atoms with Gasteiger partial charge in [-0.25, -0.2) is 4.79 Å². The molecule has 0 amide bonds. The number of hydrogen-bond acceptors (Lipinski definition) is 6. The molecule has 0 radical (unpaired) electrons. The van der Waals surface area contributed by atoms with Crippen molar-refractivity contribution in [3.8, 4) is 5.75 Å². The van der Waals surface area contributed by atoms with Crippen LogP contribution in [0.5, 0.6) is 5.75 Å². The molecule has 0 saturated heterocycles. The molecule has 0 saturated carbocycles. The van der Waals surface area contributed by atoms with Gasteiger partial charge < -0.3 is 25.8 Å². The van der Waals surface area contributed by atoms with Gasteiger partial charge in [0.05, 0.1) is 11.3 Å². The summed E-state index contributed by atoms with van der Waals surface area (Å²) in [6.07, 6.45) is -2.96. The summed E-state index contributed by atoms with van der Waals surface area (Å²) in [7, 11) is 0. The van der Waals surface area contributed by atoms with Gasteiger partial charge in [0.15, 0.2) is 5.78 Å². The Morgan fingerprint density at radius 2 is 2.00 bits per heavy atom. The second kappa shape index (κ2) is 6.17. The van der Waals surface area contributed by atoms with E-state index in [2.05, 4.69) is 0 Å². The zero-order valence-corrected chi connectivity index (χ0v) is 10.2. The Morgan fingerprint density at radius 3 is 2.53 bits per heavy atom. The Balaban J connectivity index is 2.74.